The molecule has 6 nitrogen and oxygen atoms in total. The van der Waals surface area contributed by atoms with Crippen molar-refractivity contribution >= 4 is 44.7 Å². The van der Waals surface area contributed by atoms with E-state index in [-0.39, 0.29) is 5.84 Å². The van der Waals surface area contributed by atoms with E-state index < -0.39 is 0 Å². The summed E-state index contributed by atoms with van der Waals surface area (Å²) in [6.45, 7) is 0. The summed E-state index contributed by atoms with van der Waals surface area (Å²) in [5, 5.41) is 8.22. The van der Waals surface area contributed by atoms with Gasteiger partial charge in [-0.25, -0.2) is 15.0 Å². The highest BCUT2D eigenvalue weighted by atomic mass is 79.9. The summed E-state index contributed by atoms with van der Waals surface area (Å²) < 4.78 is 0.862. The molecule has 0 fully saturated rings. The highest BCUT2D eigenvalue weighted by molar-refractivity contribution is 9.10. The average molecular weight is 349 g/mol. The largest absolute Gasteiger partial charge is 0.384 e. The molecule has 2 aromatic heterocycles. The third-order valence-electron chi connectivity index (χ3n) is 2.64. The zero-order valence-electron chi connectivity index (χ0n) is 10.1. The van der Waals surface area contributed by atoms with Crippen LogP contribution in [0.3, 0.4) is 0 Å². The lowest BCUT2D eigenvalue weighted by atomic mass is 10.2. The van der Waals surface area contributed by atoms with Gasteiger partial charge in [0.2, 0.25) is 0 Å². The first-order valence-corrected chi connectivity index (χ1v) is 7.22. The smallest absolute Gasteiger partial charge is 0.181 e. The van der Waals surface area contributed by atoms with Crippen LogP contribution in [0, 0.1) is 5.41 Å². The number of rotatable bonds is 3. The van der Waals surface area contributed by atoms with Crippen molar-refractivity contribution in [2.45, 2.75) is 9.92 Å². The number of fused-ring (bicyclic) bond motifs is 1. The van der Waals surface area contributed by atoms with Gasteiger partial charge in [0.05, 0.1) is 6.33 Å². The number of aromatic amines is 1. The van der Waals surface area contributed by atoms with Gasteiger partial charge in [0.1, 0.15) is 22.7 Å². The monoisotopic (exact) mass is 348 g/mol. The van der Waals surface area contributed by atoms with E-state index >= 15 is 0 Å². The molecule has 3 rings (SSSR count). The lowest BCUT2D eigenvalue weighted by molar-refractivity contribution is 1.08. The van der Waals surface area contributed by atoms with E-state index in [0.29, 0.717) is 11.2 Å². The van der Waals surface area contributed by atoms with Crippen LogP contribution in [0.25, 0.3) is 11.2 Å². The first kappa shape index (κ1) is 13.1. The molecule has 0 saturated heterocycles. The summed E-state index contributed by atoms with van der Waals surface area (Å²) in [6, 6.07) is 5.52. The molecule has 0 bridgehead atoms. The van der Waals surface area contributed by atoms with Gasteiger partial charge in [-0.15, -0.1) is 0 Å². The minimum atomic E-state index is 0.0419. The Kier molecular flexibility index (Phi) is 3.41. The van der Waals surface area contributed by atoms with Crippen LogP contribution in [-0.4, -0.2) is 25.8 Å². The Labute approximate surface area is 126 Å². The zero-order valence-corrected chi connectivity index (χ0v) is 12.5. The summed E-state index contributed by atoms with van der Waals surface area (Å²) in [5.74, 6) is 0.0419. The van der Waals surface area contributed by atoms with Gasteiger partial charge < -0.3 is 10.7 Å². The standard InChI is InChI=1S/C12H9BrN6S/c13-7-3-6(10(14)15)1-2-8(7)20-12-9-11(17-4-16-9)18-5-19-12/h1-5H,(H3,14,15)(H,16,17,18,19). The van der Waals surface area contributed by atoms with E-state index in [1.807, 2.05) is 12.1 Å². The Morgan fingerprint density at radius 3 is 2.90 bits per heavy atom. The van der Waals surface area contributed by atoms with Crippen molar-refractivity contribution in [3.05, 3.63) is 40.9 Å². The number of nitrogens with zero attached hydrogens (tertiary/aromatic N) is 3. The highest BCUT2D eigenvalue weighted by Gasteiger charge is 2.10. The van der Waals surface area contributed by atoms with Crippen molar-refractivity contribution in [1.29, 1.82) is 5.41 Å². The van der Waals surface area contributed by atoms with E-state index in [4.69, 9.17) is 11.1 Å². The molecule has 20 heavy (non-hydrogen) atoms. The Morgan fingerprint density at radius 1 is 1.30 bits per heavy atom. The third kappa shape index (κ3) is 2.39. The minimum Gasteiger partial charge on any atom is -0.384 e. The summed E-state index contributed by atoms with van der Waals surface area (Å²) in [7, 11) is 0. The van der Waals surface area contributed by atoms with Crippen molar-refractivity contribution in [2.75, 3.05) is 0 Å². The maximum Gasteiger partial charge on any atom is 0.181 e. The number of hydrogen-bond donors (Lipinski definition) is 3. The lowest BCUT2D eigenvalue weighted by Crippen LogP contribution is -2.10. The second-order valence-electron chi connectivity index (χ2n) is 3.94. The lowest BCUT2D eigenvalue weighted by Gasteiger charge is -2.06. The second kappa shape index (κ2) is 5.22. The predicted molar refractivity (Wildman–Crippen MR) is 81.0 cm³/mol. The molecule has 0 radical (unpaired) electrons. The van der Waals surface area contributed by atoms with Gasteiger partial charge in [-0.3, -0.25) is 5.41 Å². The molecule has 0 aliphatic rings. The molecule has 4 N–H and O–H groups in total. The first-order valence-electron chi connectivity index (χ1n) is 5.61. The normalized spacial score (nSPS) is 10.8. The Balaban J connectivity index is 1.99. The van der Waals surface area contributed by atoms with E-state index in [0.717, 1.165) is 19.9 Å². The van der Waals surface area contributed by atoms with Gasteiger partial charge in [-0.05, 0) is 28.1 Å². The topological polar surface area (TPSA) is 104 Å². The SMILES string of the molecule is N=C(N)c1ccc(Sc2ncnc3nc[nH]c23)c(Br)c1. The summed E-state index contributed by atoms with van der Waals surface area (Å²) in [6.07, 6.45) is 3.08. The Bertz CT molecular complexity index is 799. The quantitative estimate of drug-likeness (QED) is 0.383. The fourth-order valence-electron chi connectivity index (χ4n) is 1.68. The number of aromatic nitrogens is 4. The van der Waals surface area contributed by atoms with Crippen molar-refractivity contribution in [2.24, 2.45) is 5.73 Å². The Hall–Kier alpha value is -1.93. The van der Waals surface area contributed by atoms with Gasteiger partial charge in [-0.1, -0.05) is 17.8 Å². The van der Waals surface area contributed by atoms with Crippen LogP contribution in [0.2, 0.25) is 0 Å². The van der Waals surface area contributed by atoms with E-state index in [9.17, 15) is 0 Å². The van der Waals surface area contributed by atoms with Crippen molar-refractivity contribution in [3.63, 3.8) is 0 Å². The molecule has 8 heteroatoms. The molecule has 100 valence electrons. The molecule has 0 unspecified atom stereocenters. The minimum absolute atomic E-state index is 0.0419. The number of nitrogens with one attached hydrogen (secondary N) is 2. The van der Waals surface area contributed by atoms with E-state index in [2.05, 4.69) is 35.9 Å². The molecule has 0 saturated carbocycles. The van der Waals surface area contributed by atoms with Gasteiger partial charge in [0, 0.05) is 14.9 Å². The third-order valence-corrected chi connectivity index (χ3v) is 4.64. The highest BCUT2D eigenvalue weighted by Crippen LogP contribution is 2.35. The van der Waals surface area contributed by atoms with Crippen LogP contribution < -0.4 is 5.73 Å². The maximum atomic E-state index is 7.43. The van der Waals surface area contributed by atoms with Crippen molar-refractivity contribution in [1.82, 2.24) is 19.9 Å². The summed E-state index contributed by atoms with van der Waals surface area (Å²) >= 11 is 4.97. The van der Waals surface area contributed by atoms with Gasteiger partial charge >= 0.3 is 0 Å². The van der Waals surface area contributed by atoms with Gasteiger partial charge in [0.25, 0.3) is 0 Å². The van der Waals surface area contributed by atoms with Crippen LogP contribution in [0.15, 0.2) is 45.2 Å². The fourth-order valence-corrected chi connectivity index (χ4v) is 3.15. The zero-order chi connectivity index (χ0) is 14.1. The number of halogens is 1. The maximum absolute atomic E-state index is 7.43. The van der Waals surface area contributed by atoms with Crippen LogP contribution in [0.5, 0.6) is 0 Å². The number of H-pyrrole nitrogens is 1. The number of hydrogen-bond acceptors (Lipinski definition) is 5. The molecular weight excluding hydrogens is 340 g/mol. The number of nitrogen functional groups attached to an aromatic ring is 1. The molecule has 1 aromatic carbocycles. The number of nitrogens with two attached hydrogens (primary N) is 1. The molecule has 0 amide bonds. The number of benzene rings is 1. The van der Waals surface area contributed by atoms with Gasteiger partial charge in [-0.2, -0.15) is 0 Å². The van der Waals surface area contributed by atoms with Crippen molar-refractivity contribution < 1.29 is 0 Å². The second-order valence-corrected chi connectivity index (χ2v) is 5.83. The molecular formula is C12H9BrN6S. The molecule has 3 aromatic rings. The number of amidine groups is 1. The molecule has 2 heterocycles. The Morgan fingerprint density at radius 2 is 2.15 bits per heavy atom. The molecule has 0 aliphatic carbocycles. The van der Waals surface area contributed by atoms with E-state index in [1.165, 1.54) is 18.1 Å². The average Bonchev–Trinajstić information content (AvgIpc) is 2.90. The predicted octanol–water partition coefficient (Wildman–Crippen LogP) is 2.55. The van der Waals surface area contributed by atoms with Crippen LogP contribution >= 0.6 is 27.7 Å². The van der Waals surface area contributed by atoms with Crippen LogP contribution in [0.1, 0.15) is 5.56 Å². The van der Waals surface area contributed by atoms with Crippen LogP contribution in [-0.2, 0) is 0 Å². The summed E-state index contributed by atoms with van der Waals surface area (Å²) in [4.78, 5) is 16.5. The van der Waals surface area contributed by atoms with Gasteiger partial charge in [0.15, 0.2) is 5.65 Å². The first-order chi connectivity index (χ1) is 9.65. The van der Waals surface area contributed by atoms with Crippen molar-refractivity contribution in [3.8, 4) is 0 Å². The van der Waals surface area contributed by atoms with Crippen LogP contribution in [0.4, 0.5) is 0 Å². The number of imidazole rings is 1. The fraction of sp³-hybridized carbons (Fsp3) is 0. The molecule has 0 atom stereocenters. The molecule has 0 aliphatic heterocycles. The van der Waals surface area contributed by atoms with E-state index in [1.54, 1.807) is 12.4 Å². The summed E-state index contributed by atoms with van der Waals surface area (Å²) in [5.41, 5.74) is 7.59. The molecule has 0 spiro atoms.